The molecule has 0 aliphatic carbocycles. The van der Waals surface area contributed by atoms with E-state index in [1.807, 2.05) is 12.2 Å². The second-order valence-corrected chi connectivity index (χ2v) is 13.5. The van der Waals surface area contributed by atoms with Crippen LogP contribution in [0.5, 0.6) is 0 Å². The van der Waals surface area contributed by atoms with Crippen LogP contribution in [0.4, 0.5) is 0 Å². The minimum atomic E-state index is -0.430. The summed E-state index contributed by atoms with van der Waals surface area (Å²) >= 11 is 0. The van der Waals surface area contributed by atoms with Crippen LogP contribution < -0.4 is 21.3 Å². The molecule has 0 atom stereocenters. The Balaban J connectivity index is 3.77. The van der Waals surface area contributed by atoms with Gasteiger partial charge < -0.3 is 21.3 Å². The maximum atomic E-state index is 12.0. The average molecular weight is 821 g/mol. The normalized spacial score (nSPS) is 12.9. The van der Waals surface area contributed by atoms with Gasteiger partial charge in [0.25, 0.3) is 0 Å². The molecule has 0 spiro atoms. The van der Waals surface area contributed by atoms with E-state index >= 15 is 0 Å². The highest BCUT2D eigenvalue weighted by Gasteiger charge is 2.02. The Hall–Kier alpha value is -5.50. The number of allylic oxidation sites excluding steroid dienone is 24. The van der Waals surface area contributed by atoms with E-state index in [1.54, 1.807) is 0 Å². The molecular weight excluding hydrogens is 745 g/mol. The monoisotopic (exact) mass is 821 g/mol. The highest BCUT2D eigenvalue weighted by Crippen LogP contribution is 2.00. The van der Waals surface area contributed by atoms with Crippen LogP contribution in [0.2, 0.25) is 0 Å². The zero-order valence-corrected chi connectivity index (χ0v) is 36.8. The fourth-order valence-electron chi connectivity index (χ4n) is 4.93. The Labute approximate surface area is 363 Å². The summed E-state index contributed by atoms with van der Waals surface area (Å²) < 4.78 is 0. The van der Waals surface area contributed by atoms with Gasteiger partial charge in [0.05, 0.1) is 0 Å². The third-order valence-electron chi connectivity index (χ3n) is 8.15. The molecular formula is C52H76N4O4. The molecule has 0 saturated carbocycles. The number of carbonyl (C=O) groups excluding carboxylic acids is 4. The lowest BCUT2D eigenvalue weighted by Gasteiger charge is -2.05. The second-order valence-electron chi connectivity index (χ2n) is 13.5. The summed E-state index contributed by atoms with van der Waals surface area (Å²) in [4.78, 5) is 48.1. The van der Waals surface area contributed by atoms with Crippen molar-refractivity contribution in [3.63, 3.8) is 0 Å². The van der Waals surface area contributed by atoms with Gasteiger partial charge in [0.1, 0.15) is 0 Å². The van der Waals surface area contributed by atoms with E-state index in [0.717, 1.165) is 89.2 Å². The van der Waals surface area contributed by atoms with Gasteiger partial charge in [-0.3, -0.25) is 19.2 Å². The predicted octanol–water partition coefficient (Wildman–Crippen LogP) is 11.0. The second kappa shape index (κ2) is 46.2. The molecule has 0 fully saturated rings. The Bertz CT molecular complexity index is 1400. The summed E-state index contributed by atoms with van der Waals surface area (Å²) in [6.07, 6.45) is 67.4. The van der Waals surface area contributed by atoms with E-state index in [9.17, 15) is 19.2 Å². The van der Waals surface area contributed by atoms with Crippen molar-refractivity contribution >= 4 is 23.6 Å². The SMILES string of the molecule is CC/C=C\C/C=C\C/C=C\C/C=C\C/C=C\C/C=C\CCC(=O)NCCNC(=O)/C=C/C(=O)NCCNC(=O)CC/C=C\C/C=C\C/C=C\C/C=C\C/C=C\C/C=C\CC. The first-order valence-corrected chi connectivity index (χ1v) is 22.1. The highest BCUT2D eigenvalue weighted by molar-refractivity contribution is 5.96. The van der Waals surface area contributed by atoms with Gasteiger partial charge >= 0.3 is 0 Å². The Morgan fingerprint density at radius 2 is 0.517 bits per heavy atom. The predicted molar refractivity (Wildman–Crippen MR) is 256 cm³/mol. The largest absolute Gasteiger partial charge is 0.354 e. The zero-order chi connectivity index (χ0) is 43.7. The summed E-state index contributed by atoms with van der Waals surface area (Å²) in [6.45, 7) is 5.39. The van der Waals surface area contributed by atoms with Gasteiger partial charge in [0.15, 0.2) is 0 Å². The van der Waals surface area contributed by atoms with Crippen LogP contribution in [0.15, 0.2) is 158 Å². The third kappa shape index (κ3) is 45.2. The van der Waals surface area contributed by atoms with Gasteiger partial charge in [-0.1, -0.05) is 160 Å². The molecule has 8 nitrogen and oxygen atoms in total. The number of hydrogen-bond acceptors (Lipinski definition) is 4. The number of rotatable bonds is 36. The van der Waals surface area contributed by atoms with Crippen molar-refractivity contribution in [2.45, 2.75) is 117 Å². The summed E-state index contributed by atoms with van der Waals surface area (Å²) in [6, 6.07) is 0. The van der Waals surface area contributed by atoms with E-state index < -0.39 is 11.8 Å². The standard InChI is InChI=1S/C52H76N4O4/c1-3-5-7-9-11-13-15-17-19-21-23-25-27-29-31-33-35-37-39-41-49(57)53-45-47-55-51(59)43-44-52(60)56-48-46-54-50(58)42-40-38-36-34-32-30-28-26-24-22-20-18-16-14-12-10-8-6-4-2/h5-8,11-14,17-20,23-26,29-32,35-38,43-44H,3-4,9-10,15-16,21-22,27-28,33-34,39-42,45-48H2,1-2H3,(H,53,57)(H,54,58)(H,55,59)(H,56,60)/b7-5-,8-6-,13-11-,14-12-,19-17-,20-18-,25-23-,26-24-,31-29-,32-30-,37-35-,38-36-,44-43+. The van der Waals surface area contributed by atoms with Crippen LogP contribution in [0.3, 0.4) is 0 Å². The molecule has 4 amide bonds. The summed E-state index contributed by atoms with van der Waals surface area (Å²) in [5.41, 5.74) is 0. The van der Waals surface area contributed by atoms with Crippen molar-refractivity contribution in [2.24, 2.45) is 0 Å². The van der Waals surface area contributed by atoms with Gasteiger partial charge in [-0.05, 0) is 89.9 Å². The molecule has 60 heavy (non-hydrogen) atoms. The number of amides is 4. The summed E-state index contributed by atoms with van der Waals surface area (Å²) in [5.74, 6) is -1.03. The van der Waals surface area contributed by atoms with Crippen LogP contribution in [-0.4, -0.2) is 49.8 Å². The fourth-order valence-corrected chi connectivity index (χ4v) is 4.93. The van der Waals surface area contributed by atoms with Crippen LogP contribution in [0.1, 0.15) is 117 Å². The molecule has 0 rings (SSSR count). The maximum Gasteiger partial charge on any atom is 0.244 e. The first kappa shape index (κ1) is 54.5. The molecule has 8 heteroatoms. The summed E-state index contributed by atoms with van der Waals surface area (Å²) in [5, 5.41) is 10.8. The van der Waals surface area contributed by atoms with E-state index in [1.165, 1.54) is 0 Å². The van der Waals surface area contributed by atoms with Crippen molar-refractivity contribution in [2.75, 3.05) is 26.2 Å². The van der Waals surface area contributed by atoms with E-state index in [2.05, 4.69) is 169 Å². The molecule has 328 valence electrons. The van der Waals surface area contributed by atoms with Crippen molar-refractivity contribution in [3.05, 3.63) is 158 Å². The Morgan fingerprint density at radius 1 is 0.300 bits per heavy atom. The minimum Gasteiger partial charge on any atom is -0.354 e. The smallest absolute Gasteiger partial charge is 0.244 e. The molecule has 0 aliphatic rings. The van der Waals surface area contributed by atoms with Gasteiger partial charge in [-0.25, -0.2) is 0 Å². The molecule has 0 aromatic carbocycles. The lowest BCUT2D eigenvalue weighted by atomic mass is 10.2. The highest BCUT2D eigenvalue weighted by atomic mass is 16.2. The molecule has 0 radical (unpaired) electrons. The van der Waals surface area contributed by atoms with Crippen LogP contribution in [0, 0.1) is 0 Å². The van der Waals surface area contributed by atoms with E-state index in [4.69, 9.17) is 0 Å². The quantitative estimate of drug-likeness (QED) is 0.0286. The van der Waals surface area contributed by atoms with Gasteiger partial charge in [-0.2, -0.15) is 0 Å². The van der Waals surface area contributed by atoms with Crippen molar-refractivity contribution in [3.8, 4) is 0 Å². The molecule has 0 saturated heterocycles. The van der Waals surface area contributed by atoms with Crippen LogP contribution in [0.25, 0.3) is 0 Å². The van der Waals surface area contributed by atoms with Crippen LogP contribution in [-0.2, 0) is 19.2 Å². The lowest BCUT2D eigenvalue weighted by molar-refractivity contribution is -0.122. The van der Waals surface area contributed by atoms with Gasteiger partial charge in [-0.15, -0.1) is 0 Å². The van der Waals surface area contributed by atoms with Crippen molar-refractivity contribution < 1.29 is 19.2 Å². The molecule has 0 unspecified atom stereocenters. The number of nitrogens with one attached hydrogen (secondary N) is 4. The number of carbonyl (C=O) groups is 4. The maximum absolute atomic E-state index is 12.0. The first-order chi connectivity index (χ1) is 29.5. The zero-order valence-electron chi connectivity index (χ0n) is 36.8. The van der Waals surface area contributed by atoms with E-state index in [-0.39, 0.29) is 24.9 Å². The lowest BCUT2D eigenvalue weighted by Crippen LogP contribution is -2.35. The molecule has 0 aromatic rings. The minimum absolute atomic E-state index is 0.0838. The molecule has 0 bridgehead atoms. The number of hydrogen-bond donors (Lipinski definition) is 4. The topological polar surface area (TPSA) is 116 Å². The van der Waals surface area contributed by atoms with Gasteiger partial charge in [0, 0.05) is 51.2 Å². The summed E-state index contributed by atoms with van der Waals surface area (Å²) in [7, 11) is 0. The molecule has 0 aliphatic heterocycles. The molecule has 0 aromatic heterocycles. The molecule has 4 N–H and O–H groups in total. The van der Waals surface area contributed by atoms with Crippen molar-refractivity contribution in [1.29, 1.82) is 0 Å². The van der Waals surface area contributed by atoms with Crippen LogP contribution >= 0.6 is 0 Å². The first-order valence-electron chi connectivity index (χ1n) is 22.1. The third-order valence-corrected chi connectivity index (χ3v) is 8.15. The Kier molecular flexibility index (Phi) is 42.0. The Morgan fingerprint density at radius 3 is 0.767 bits per heavy atom. The van der Waals surface area contributed by atoms with Crippen molar-refractivity contribution in [1.82, 2.24) is 21.3 Å². The molecule has 0 heterocycles. The van der Waals surface area contributed by atoms with E-state index in [0.29, 0.717) is 38.8 Å². The average Bonchev–Trinajstić information content (AvgIpc) is 3.24. The fraction of sp³-hybridized carbons (Fsp3) is 0.423. The van der Waals surface area contributed by atoms with Gasteiger partial charge in [0.2, 0.25) is 23.6 Å².